The van der Waals surface area contributed by atoms with Crippen LogP contribution in [0, 0.1) is 11.3 Å². The highest BCUT2D eigenvalue weighted by Gasteiger charge is 2.67. The van der Waals surface area contributed by atoms with Crippen LogP contribution in [0.5, 0.6) is 11.5 Å². The molecule has 3 aromatic rings. The summed E-state index contributed by atoms with van der Waals surface area (Å²) in [7, 11) is -2.84. The van der Waals surface area contributed by atoms with E-state index in [0.717, 1.165) is 30.8 Å². The summed E-state index contributed by atoms with van der Waals surface area (Å²) in [5, 5.41) is 10.7. The minimum absolute atomic E-state index is 0.0328. The molecule has 3 amide bonds. The van der Waals surface area contributed by atoms with Gasteiger partial charge in [-0.25, -0.2) is 14.8 Å². The maximum Gasteiger partial charge on any atom is 0.408 e. The summed E-state index contributed by atoms with van der Waals surface area (Å²) < 4.78 is 37.1. The van der Waals surface area contributed by atoms with Gasteiger partial charge >= 0.3 is 13.7 Å². The predicted molar refractivity (Wildman–Crippen MR) is 223 cm³/mol. The predicted octanol–water partition coefficient (Wildman–Crippen LogP) is 7.25. The number of thiazole rings is 1. The Morgan fingerprint density at radius 3 is 2.43 bits per heavy atom. The van der Waals surface area contributed by atoms with Crippen LogP contribution in [0.3, 0.4) is 0 Å². The Hall–Kier alpha value is -4.24. The fourth-order valence-corrected chi connectivity index (χ4v) is 10.5. The molecule has 2 aliphatic carbocycles. The Morgan fingerprint density at radius 1 is 1.09 bits per heavy atom. The lowest BCUT2D eigenvalue weighted by molar-refractivity contribution is -0.142. The number of hydrogen-bond acceptors (Lipinski definition) is 12. The highest BCUT2D eigenvalue weighted by Crippen LogP contribution is 2.70. The van der Waals surface area contributed by atoms with Crippen molar-refractivity contribution in [3.63, 3.8) is 0 Å². The number of likely N-dealkylation sites (tertiary alicyclic amines) is 1. The van der Waals surface area contributed by atoms with Crippen molar-refractivity contribution >= 4 is 52.9 Å². The smallest absolute Gasteiger partial charge is 0.408 e. The molecule has 3 aliphatic rings. The van der Waals surface area contributed by atoms with E-state index in [2.05, 4.69) is 22.5 Å². The van der Waals surface area contributed by atoms with Crippen molar-refractivity contribution in [1.29, 1.82) is 0 Å². The Morgan fingerprint density at radius 2 is 1.81 bits per heavy atom. The molecule has 4 N–H and O–H groups in total. The van der Waals surface area contributed by atoms with Gasteiger partial charge in [-0.15, -0.1) is 17.9 Å². The maximum absolute atomic E-state index is 14.8. The standard InChI is InChI=1S/C41H57N6O9PS/c1-10-25-20-41(25,57(51,52)56-24(4)5)46-36(48)33-18-28(21-47(33)37(49)35(40(6,7)8)45-39(50)55-26-13-11-12-14-26)54-34-19-31(32-22-58-38(44-32)42-23(2)3)43-30-17-27(53-9)15-16-29(30)34/h10,15-17,19,22-26,28,33,35H,1,11-14,18,20-21H2,2-9H3,(H,42,44)(H,45,50)(H,46,48)(H,51,52)/t25-,28-,33+,35?,41+/m1/s1. The summed E-state index contributed by atoms with van der Waals surface area (Å²) in [4.78, 5) is 64.7. The van der Waals surface area contributed by atoms with Crippen LogP contribution in [-0.4, -0.2) is 93.0 Å². The molecular weight excluding hydrogens is 784 g/mol. The Labute approximate surface area is 344 Å². The summed E-state index contributed by atoms with van der Waals surface area (Å²) in [5.41, 5.74) is 0.980. The number of aromatic nitrogens is 2. The molecule has 1 aliphatic heterocycles. The van der Waals surface area contributed by atoms with Crippen LogP contribution in [0.25, 0.3) is 22.3 Å². The number of pyridine rings is 1. The molecule has 1 aromatic carbocycles. The Bertz CT molecular complexity index is 2060. The number of nitrogens with zero attached hydrogens (tertiary/aromatic N) is 3. The number of rotatable bonds is 15. The summed E-state index contributed by atoms with van der Waals surface area (Å²) >= 11 is 1.46. The third-order valence-corrected chi connectivity index (χ3v) is 13.8. The van der Waals surface area contributed by atoms with Gasteiger partial charge in [0.2, 0.25) is 11.8 Å². The number of benzene rings is 1. The molecule has 2 aromatic heterocycles. The number of hydrogen-bond donors (Lipinski definition) is 4. The van der Waals surface area contributed by atoms with Gasteiger partial charge in [0, 0.05) is 41.3 Å². The first-order valence-electron chi connectivity index (χ1n) is 20.0. The fourth-order valence-electron chi connectivity index (χ4n) is 7.69. The first kappa shape index (κ1) is 43.3. The molecule has 6 atom stereocenters. The monoisotopic (exact) mass is 840 g/mol. The normalized spacial score (nSPS) is 23.7. The van der Waals surface area contributed by atoms with Crippen LogP contribution in [-0.2, 0) is 23.4 Å². The second-order valence-corrected chi connectivity index (χ2v) is 20.0. The van der Waals surface area contributed by atoms with Gasteiger partial charge in [-0.05, 0) is 77.3 Å². The number of anilines is 1. The third kappa shape index (κ3) is 9.46. The minimum atomic E-state index is -4.41. The molecule has 0 radical (unpaired) electrons. The van der Waals surface area contributed by atoms with Crippen LogP contribution in [0.1, 0.15) is 87.0 Å². The number of methoxy groups -OCH3 is 1. The molecule has 316 valence electrons. The van der Waals surface area contributed by atoms with Gasteiger partial charge in [-0.1, -0.05) is 26.8 Å². The molecule has 0 bridgehead atoms. The summed E-state index contributed by atoms with van der Waals surface area (Å²) in [6.45, 7) is 16.6. The lowest BCUT2D eigenvalue weighted by Gasteiger charge is -2.35. The maximum atomic E-state index is 14.8. The van der Waals surface area contributed by atoms with Crippen molar-refractivity contribution in [1.82, 2.24) is 25.5 Å². The highest BCUT2D eigenvalue weighted by atomic mass is 32.1. The van der Waals surface area contributed by atoms with Crippen molar-refractivity contribution in [2.24, 2.45) is 11.3 Å². The van der Waals surface area contributed by atoms with Crippen molar-refractivity contribution in [2.45, 2.75) is 129 Å². The zero-order valence-electron chi connectivity index (χ0n) is 34.6. The molecule has 3 heterocycles. The van der Waals surface area contributed by atoms with E-state index in [4.69, 9.17) is 28.7 Å². The van der Waals surface area contributed by atoms with Gasteiger partial charge < -0.3 is 44.5 Å². The zero-order chi connectivity index (χ0) is 42.2. The number of alkyl carbamates (subject to hydrolysis) is 1. The first-order valence-corrected chi connectivity index (χ1v) is 22.4. The van der Waals surface area contributed by atoms with Gasteiger partial charge in [0.1, 0.15) is 46.8 Å². The average Bonchev–Trinajstić information content (AvgIpc) is 3.54. The lowest BCUT2D eigenvalue weighted by atomic mass is 9.85. The molecule has 2 saturated carbocycles. The molecular formula is C41H57N6O9PS. The van der Waals surface area contributed by atoms with Gasteiger partial charge in [-0.2, -0.15) is 0 Å². The van der Waals surface area contributed by atoms with E-state index in [1.165, 1.54) is 22.3 Å². The third-order valence-electron chi connectivity index (χ3n) is 10.7. The Kier molecular flexibility index (Phi) is 12.8. The number of nitrogens with one attached hydrogen (secondary N) is 3. The van der Waals surface area contributed by atoms with E-state index in [-0.39, 0.29) is 31.5 Å². The van der Waals surface area contributed by atoms with Crippen molar-refractivity contribution < 1.29 is 42.6 Å². The molecule has 17 heteroatoms. The topological polar surface area (TPSA) is 191 Å². The van der Waals surface area contributed by atoms with Gasteiger partial charge in [0.25, 0.3) is 0 Å². The zero-order valence-corrected chi connectivity index (χ0v) is 36.3. The second-order valence-electron chi connectivity index (χ2n) is 17.1. The minimum Gasteiger partial charge on any atom is -0.497 e. The quantitative estimate of drug-likeness (QED) is 0.0888. The van der Waals surface area contributed by atoms with E-state index in [1.54, 1.807) is 39.2 Å². The lowest BCUT2D eigenvalue weighted by Crippen LogP contribution is -2.58. The molecule has 0 spiro atoms. The van der Waals surface area contributed by atoms with Crippen molar-refractivity contribution in [3.8, 4) is 22.9 Å². The molecule has 15 nitrogen and oxygen atoms in total. The number of carbonyl (C=O) groups is 3. The Balaban J connectivity index is 1.35. The number of ether oxygens (including phenoxy) is 3. The van der Waals surface area contributed by atoms with E-state index < -0.39 is 66.4 Å². The largest absolute Gasteiger partial charge is 0.497 e. The van der Waals surface area contributed by atoms with E-state index >= 15 is 0 Å². The summed E-state index contributed by atoms with van der Waals surface area (Å²) in [6.07, 6.45) is 2.89. The summed E-state index contributed by atoms with van der Waals surface area (Å²) in [5.74, 6) is -0.647. The van der Waals surface area contributed by atoms with Gasteiger partial charge in [0.15, 0.2) is 5.13 Å². The van der Waals surface area contributed by atoms with Crippen LogP contribution >= 0.6 is 18.9 Å². The number of fused-ring (bicyclic) bond motifs is 1. The second kappa shape index (κ2) is 17.2. The van der Waals surface area contributed by atoms with Gasteiger partial charge in [0.05, 0.1) is 31.0 Å². The average molecular weight is 841 g/mol. The van der Waals surface area contributed by atoms with E-state index in [9.17, 15) is 23.8 Å². The van der Waals surface area contributed by atoms with Crippen LogP contribution in [0.4, 0.5) is 9.93 Å². The van der Waals surface area contributed by atoms with Crippen LogP contribution in [0.15, 0.2) is 42.3 Å². The highest BCUT2D eigenvalue weighted by molar-refractivity contribution is 7.55. The van der Waals surface area contributed by atoms with Crippen LogP contribution in [0.2, 0.25) is 0 Å². The van der Waals surface area contributed by atoms with Crippen LogP contribution < -0.4 is 25.4 Å². The molecule has 58 heavy (non-hydrogen) atoms. The fraction of sp³-hybridized carbons (Fsp3) is 0.585. The molecule has 3 fully saturated rings. The van der Waals surface area contributed by atoms with E-state index in [1.807, 2.05) is 46.1 Å². The SMILES string of the molecule is C=C[C@@H]1C[C@]1(NC(=O)[C@@H]1C[C@@H](Oc2cc(-c3csc(NC(C)C)n3)nc3cc(OC)ccc23)CN1C(=O)C(NC(=O)OC1CCCC1)C(C)(C)C)P(=O)(O)OC(C)C. The van der Waals surface area contributed by atoms with Crippen molar-refractivity contribution in [2.75, 3.05) is 19.0 Å². The van der Waals surface area contributed by atoms with E-state index in [0.29, 0.717) is 33.8 Å². The molecule has 2 unspecified atom stereocenters. The van der Waals surface area contributed by atoms with Crippen molar-refractivity contribution in [3.05, 3.63) is 42.3 Å². The summed E-state index contributed by atoms with van der Waals surface area (Å²) in [6, 6.07) is 5.18. The van der Waals surface area contributed by atoms with Gasteiger partial charge in [-0.3, -0.25) is 14.2 Å². The molecule has 6 rings (SSSR count). The first-order chi connectivity index (χ1) is 27.3. The number of carbonyl (C=O) groups excluding carboxylic acids is 3. The number of amides is 3. The molecule has 1 saturated heterocycles.